The Morgan fingerprint density at radius 1 is 1.15 bits per heavy atom. The quantitative estimate of drug-likeness (QED) is 0.867. The van der Waals surface area contributed by atoms with Gasteiger partial charge in [-0.2, -0.15) is 0 Å². The van der Waals surface area contributed by atoms with Gasteiger partial charge in [0, 0.05) is 6.04 Å². The van der Waals surface area contributed by atoms with Crippen LogP contribution in [0.3, 0.4) is 0 Å². The Morgan fingerprint density at radius 3 is 2.70 bits per heavy atom. The predicted octanol–water partition coefficient (Wildman–Crippen LogP) is 4.15. The van der Waals surface area contributed by atoms with Crippen LogP contribution in [0.15, 0.2) is 30.3 Å². The van der Waals surface area contributed by atoms with E-state index in [4.69, 9.17) is 0 Å². The lowest BCUT2D eigenvalue weighted by molar-refractivity contribution is 0.583. The van der Waals surface area contributed by atoms with Crippen LogP contribution < -0.4 is 5.32 Å². The van der Waals surface area contributed by atoms with Gasteiger partial charge in [-0.1, -0.05) is 24.3 Å². The van der Waals surface area contributed by atoms with Crippen LogP contribution in [0, 0.1) is 18.6 Å². The van der Waals surface area contributed by atoms with Crippen LogP contribution in [0.25, 0.3) is 11.1 Å². The summed E-state index contributed by atoms with van der Waals surface area (Å²) in [5.74, 6) is -0.944. The first-order valence-corrected chi connectivity index (χ1v) is 6.87. The average Bonchev–Trinajstić information content (AvgIpc) is 2.87. The first-order valence-electron chi connectivity index (χ1n) is 6.87. The zero-order chi connectivity index (χ0) is 14.3. The maximum Gasteiger partial charge on any atom is 0.136 e. The summed E-state index contributed by atoms with van der Waals surface area (Å²) in [6, 6.07) is 8.84. The highest BCUT2D eigenvalue weighted by molar-refractivity contribution is 5.71. The van der Waals surface area contributed by atoms with Crippen LogP contribution in [-0.4, -0.2) is 7.05 Å². The van der Waals surface area contributed by atoms with E-state index in [0.29, 0.717) is 11.1 Å². The second-order valence-electron chi connectivity index (χ2n) is 5.31. The van der Waals surface area contributed by atoms with E-state index in [0.717, 1.165) is 24.0 Å². The summed E-state index contributed by atoms with van der Waals surface area (Å²) in [6.45, 7) is 1.66. The molecule has 0 aliphatic heterocycles. The van der Waals surface area contributed by atoms with E-state index in [2.05, 4.69) is 5.32 Å². The SMILES string of the molecule is CNC1CCc2c(-c3c(F)ccc(C)c3F)cccc21. The molecule has 20 heavy (non-hydrogen) atoms. The Hall–Kier alpha value is -1.74. The molecule has 1 aliphatic rings. The first-order chi connectivity index (χ1) is 9.63. The van der Waals surface area contributed by atoms with Crippen molar-refractivity contribution in [1.82, 2.24) is 5.32 Å². The van der Waals surface area contributed by atoms with Crippen LogP contribution in [0.2, 0.25) is 0 Å². The van der Waals surface area contributed by atoms with Gasteiger partial charge in [0.2, 0.25) is 0 Å². The van der Waals surface area contributed by atoms with Gasteiger partial charge < -0.3 is 5.32 Å². The van der Waals surface area contributed by atoms with E-state index in [9.17, 15) is 8.78 Å². The highest BCUT2D eigenvalue weighted by Gasteiger charge is 2.26. The molecule has 1 aliphatic carbocycles. The fraction of sp³-hybridized carbons (Fsp3) is 0.294. The van der Waals surface area contributed by atoms with Gasteiger partial charge >= 0.3 is 0 Å². The zero-order valence-electron chi connectivity index (χ0n) is 11.6. The van der Waals surface area contributed by atoms with Crippen molar-refractivity contribution in [3.8, 4) is 11.1 Å². The molecule has 2 aromatic rings. The number of fused-ring (bicyclic) bond motifs is 1. The van der Waals surface area contributed by atoms with Gasteiger partial charge in [-0.15, -0.1) is 0 Å². The Kier molecular flexibility index (Phi) is 3.30. The third kappa shape index (κ3) is 1.93. The molecule has 2 aromatic carbocycles. The Morgan fingerprint density at radius 2 is 1.95 bits per heavy atom. The van der Waals surface area contributed by atoms with E-state index in [-0.39, 0.29) is 11.6 Å². The van der Waals surface area contributed by atoms with Crippen LogP contribution >= 0.6 is 0 Å². The van der Waals surface area contributed by atoms with Gasteiger partial charge in [0.15, 0.2) is 0 Å². The van der Waals surface area contributed by atoms with E-state index < -0.39 is 11.6 Å². The lowest BCUT2D eigenvalue weighted by Crippen LogP contribution is -2.12. The molecular weight excluding hydrogens is 256 g/mol. The minimum Gasteiger partial charge on any atom is -0.313 e. The molecule has 0 saturated heterocycles. The molecule has 1 unspecified atom stereocenters. The van der Waals surface area contributed by atoms with Crippen molar-refractivity contribution in [2.45, 2.75) is 25.8 Å². The van der Waals surface area contributed by atoms with Crippen LogP contribution in [0.4, 0.5) is 8.78 Å². The number of halogens is 2. The molecule has 104 valence electrons. The molecule has 0 bridgehead atoms. The summed E-state index contributed by atoms with van der Waals surface area (Å²) in [6.07, 6.45) is 1.82. The van der Waals surface area contributed by atoms with E-state index in [1.807, 2.05) is 25.2 Å². The highest BCUT2D eigenvalue weighted by Crippen LogP contribution is 2.39. The fourth-order valence-electron chi connectivity index (χ4n) is 3.09. The minimum atomic E-state index is -0.491. The molecule has 3 rings (SSSR count). The van der Waals surface area contributed by atoms with E-state index in [1.54, 1.807) is 6.92 Å². The summed E-state index contributed by atoms with van der Waals surface area (Å²) in [7, 11) is 1.92. The van der Waals surface area contributed by atoms with Gasteiger partial charge in [0.25, 0.3) is 0 Å². The maximum atomic E-state index is 14.3. The molecule has 0 spiro atoms. The Bertz CT molecular complexity index is 664. The second-order valence-corrected chi connectivity index (χ2v) is 5.31. The molecule has 0 heterocycles. The van der Waals surface area contributed by atoms with Gasteiger partial charge in [0.05, 0.1) is 5.56 Å². The molecule has 1 N–H and O–H groups in total. The summed E-state index contributed by atoms with van der Waals surface area (Å²) >= 11 is 0. The number of nitrogens with one attached hydrogen (secondary N) is 1. The van der Waals surface area contributed by atoms with Crippen molar-refractivity contribution in [3.63, 3.8) is 0 Å². The standard InChI is InChI=1S/C17H17F2N/c1-10-6-8-14(18)16(17(10)19)13-5-3-4-12-11(13)7-9-15(12)20-2/h3-6,8,15,20H,7,9H2,1-2H3. The van der Waals surface area contributed by atoms with Crippen molar-refractivity contribution >= 4 is 0 Å². The molecule has 0 amide bonds. The number of hydrogen-bond acceptors (Lipinski definition) is 1. The second kappa shape index (κ2) is 4.98. The first kappa shape index (κ1) is 13.3. The van der Waals surface area contributed by atoms with Crippen molar-refractivity contribution < 1.29 is 8.78 Å². The van der Waals surface area contributed by atoms with Gasteiger partial charge in [-0.3, -0.25) is 0 Å². The van der Waals surface area contributed by atoms with Crippen molar-refractivity contribution in [2.24, 2.45) is 0 Å². The third-order valence-corrected chi connectivity index (χ3v) is 4.17. The van der Waals surface area contributed by atoms with Gasteiger partial charge in [0.1, 0.15) is 11.6 Å². The Balaban J connectivity index is 2.23. The van der Waals surface area contributed by atoms with Crippen LogP contribution in [0.5, 0.6) is 0 Å². The van der Waals surface area contributed by atoms with Gasteiger partial charge in [-0.05, 0) is 55.1 Å². The predicted molar refractivity (Wildman–Crippen MR) is 76.7 cm³/mol. The molecular formula is C17H17F2N. The average molecular weight is 273 g/mol. The molecule has 0 radical (unpaired) electrons. The van der Waals surface area contributed by atoms with Crippen molar-refractivity contribution in [1.29, 1.82) is 0 Å². The van der Waals surface area contributed by atoms with Crippen LogP contribution in [0.1, 0.15) is 29.2 Å². The molecule has 0 aromatic heterocycles. The van der Waals surface area contributed by atoms with Crippen molar-refractivity contribution in [2.75, 3.05) is 7.05 Å². The topological polar surface area (TPSA) is 12.0 Å². The lowest BCUT2D eigenvalue weighted by atomic mass is 9.94. The van der Waals surface area contributed by atoms with E-state index >= 15 is 0 Å². The maximum absolute atomic E-state index is 14.3. The number of rotatable bonds is 2. The Labute approximate surface area is 117 Å². The highest BCUT2D eigenvalue weighted by atomic mass is 19.1. The molecule has 1 atom stereocenters. The third-order valence-electron chi connectivity index (χ3n) is 4.17. The monoisotopic (exact) mass is 273 g/mol. The molecule has 3 heteroatoms. The van der Waals surface area contributed by atoms with Crippen molar-refractivity contribution in [3.05, 3.63) is 58.7 Å². The molecule has 0 fully saturated rings. The normalized spacial score (nSPS) is 17.3. The summed E-state index contributed by atoms with van der Waals surface area (Å²) < 4.78 is 28.4. The number of benzene rings is 2. The largest absolute Gasteiger partial charge is 0.313 e. The summed E-state index contributed by atoms with van der Waals surface area (Å²) in [5, 5.41) is 3.25. The number of hydrogen-bond donors (Lipinski definition) is 1. The number of aryl methyl sites for hydroxylation is 1. The summed E-state index contributed by atoms with van der Waals surface area (Å²) in [4.78, 5) is 0. The molecule has 1 nitrogen and oxygen atoms in total. The lowest BCUT2D eigenvalue weighted by Gasteiger charge is -2.14. The van der Waals surface area contributed by atoms with Crippen LogP contribution in [-0.2, 0) is 6.42 Å². The minimum absolute atomic E-state index is 0.110. The smallest absolute Gasteiger partial charge is 0.136 e. The fourth-order valence-corrected chi connectivity index (χ4v) is 3.09. The molecule has 0 saturated carbocycles. The zero-order valence-corrected chi connectivity index (χ0v) is 11.6. The van der Waals surface area contributed by atoms with Gasteiger partial charge in [-0.25, -0.2) is 8.78 Å². The van der Waals surface area contributed by atoms with E-state index in [1.165, 1.54) is 12.1 Å². The summed E-state index contributed by atoms with van der Waals surface area (Å²) in [5.41, 5.74) is 3.50.